The van der Waals surface area contributed by atoms with E-state index in [1.165, 1.54) is 15.7 Å². The fourth-order valence-corrected chi connectivity index (χ4v) is 3.54. The van der Waals surface area contributed by atoms with Gasteiger partial charge in [-0.15, -0.1) is 11.3 Å². The minimum atomic E-state index is -3.80. The molecule has 2 rings (SSSR count). The molecule has 0 saturated heterocycles. The average molecular weight is 277 g/mol. The van der Waals surface area contributed by atoms with Gasteiger partial charge in [-0.3, -0.25) is 4.40 Å². The van der Waals surface area contributed by atoms with Crippen LogP contribution in [-0.2, 0) is 10.0 Å². The summed E-state index contributed by atoms with van der Waals surface area (Å²) in [6, 6.07) is 1.69. The van der Waals surface area contributed by atoms with Gasteiger partial charge in [0.05, 0.1) is 12.6 Å². The number of hydrogen-bond donors (Lipinski definition) is 1. The van der Waals surface area contributed by atoms with E-state index in [0.717, 1.165) is 0 Å². The van der Waals surface area contributed by atoms with E-state index in [-0.39, 0.29) is 16.7 Å². The molecule has 2 aromatic rings. The molecule has 0 aliphatic heterocycles. The Morgan fingerprint density at radius 3 is 3.12 bits per heavy atom. The van der Waals surface area contributed by atoms with Gasteiger partial charge in [0.25, 0.3) is 10.0 Å². The molecule has 6 nitrogen and oxygen atoms in total. The van der Waals surface area contributed by atoms with Gasteiger partial charge in [0.2, 0.25) is 0 Å². The van der Waals surface area contributed by atoms with Crippen molar-refractivity contribution in [3.05, 3.63) is 16.7 Å². The largest absolute Gasteiger partial charge is 0.279 e. The van der Waals surface area contributed by atoms with E-state index in [0.29, 0.717) is 4.96 Å². The number of hydrogen-bond acceptors (Lipinski definition) is 5. The lowest BCUT2D eigenvalue weighted by Crippen LogP contribution is -2.25. The van der Waals surface area contributed by atoms with Gasteiger partial charge in [0.15, 0.2) is 15.1 Å². The lowest BCUT2D eigenvalue weighted by molar-refractivity contribution is 0.581. The third-order valence-electron chi connectivity index (χ3n) is 1.77. The van der Waals surface area contributed by atoms with E-state index < -0.39 is 10.0 Å². The highest BCUT2D eigenvalue weighted by molar-refractivity contribution is 7.89. The van der Waals surface area contributed by atoms with Crippen molar-refractivity contribution in [2.24, 2.45) is 0 Å². The summed E-state index contributed by atoms with van der Waals surface area (Å²) < 4.78 is 27.0. The van der Waals surface area contributed by atoms with Crippen LogP contribution in [0.1, 0.15) is 0 Å². The summed E-state index contributed by atoms with van der Waals surface area (Å²) in [5, 5.41) is 9.80. The van der Waals surface area contributed by atoms with Crippen molar-refractivity contribution in [3.8, 4) is 6.07 Å². The number of imidazole rings is 1. The third-order valence-corrected chi connectivity index (χ3v) is 4.33. The van der Waals surface area contributed by atoms with Crippen LogP contribution >= 0.6 is 22.9 Å². The van der Waals surface area contributed by atoms with Crippen molar-refractivity contribution in [1.29, 1.82) is 5.26 Å². The Morgan fingerprint density at radius 2 is 2.44 bits per heavy atom. The maximum absolute atomic E-state index is 11.8. The second kappa shape index (κ2) is 4.03. The molecule has 2 heterocycles. The topological polar surface area (TPSA) is 87.3 Å². The van der Waals surface area contributed by atoms with Gasteiger partial charge < -0.3 is 0 Å². The molecule has 0 unspecified atom stereocenters. The van der Waals surface area contributed by atoms with Crippen molar-refractivity contribution in [2.75, 3.05) is 6.54 Å². The molecule has 16 heavy (non-hydrogen) atoms. The standard InChI is InChI=1S/C7H5ClN4O2S2/c8-5-6(16(13,14)10-2-1-9)12-3-4-15-7(12)11-5/h3-4,10H,2H2. The molecule has 0 radical (unpaired) electrons. The number of fused-ring (bicyclic) bond motifs is 1. The van der Waals surface area contributed by atoms with Crippen LogP contribution in [0.4, 0.5) is 0 Å². The SMILES string of the molecule is N#CCNS(=O)(=O)c1c(Cl)nc2sccn12. The van der Waals surface area contributed by atoms with Gasteiger partial charge in [-0.05, 0) is 0 Å². The molecular formula is C7H5ClN4O2S2. The lowest BCUT2D eigenvalue weighted by atomic mass is 10.8. The highest BCUT2D eigenvalue weighted by Gasteiger charge is 2.24. The Morgan fingerprint density at radius 1 is 1.69 bits per heavy atom. The molecule has 2 aromatic heterocycles. The number of nitrogens with one attached hydrogen (secondary N) is 1. The summed E-state index contributed by atoms with van der Waals surface area (Å²) in [6.45, 7) is -0.309. The molecule has 84 valence electrons. The average Bonchev–Trinajstić information content (AvgIpc) is 2.73. The first kappa shape index (κ1) is 11.3. The summed E-state index contributed by atoms with van der Waals surface area (Å²) in [4.78, 5) is 4.38. The first-order valence-electron chi connectivity index (χ1n) is 4.04. The van der Waals surface area contributed by atoms with Crippen LogP contribution in [0.2, 0.25) is 5.15 Å². The smallest absolute Gasteiger partial charge is 0.260 e. The minimum absolute atomic E-state index is 0.0997. The number of thiazole rings is 1. The van der Waals surface area contributed by atoms with Gasteiger partial charge in [-0.2, -0.15) is 9.98 Å². The van der Waals surface area contributed by atoms with Crippen LogP contribution in [0.25, 0.3) is 4.96 Å². The van der Waals surface area contributed by atoms with E-state index >= 15 is 0 Å². The summed E-state index contributed by atoms with van der Waals surface area (Å²) in [7, 11) is -3.80. The van der Waals surface area contributed by atoms with Crippen LogP contribution < -0.4 is 4.72 Å². The van der Waals surface area contributed by atoms with E-state index in [4.69, 9.17) is 16.9 Å². The first-order chi connectivity index (χ1) is 7.56. The van der Waals surface area contributed by atoms with Crippen LogP contribution in [0.3, 0.4) is 0 Å². The maximum atomic E-state index is 11.8. The molecule has 0 atom stereocenters. The van der Waals surface area contributed by atoms with Crippen LogP contribution in [0.15, 0.2) is 16.6 Å². The van der Waals surface area contributed by atoms with E-state index in [2.05, 4.69) is 9.71 Å². The molecule has 0 amide bonds. The van der Waals surface area contributed by atoms with Crippen molar-refractivity contribution in [2.45, 2.75) is 5.03 Å². The number of nitrogens with zero attached hydrogens (tertiary/aromatic N) is 3. The number of rotatable bonds is 3. The molecule has 9 heteroatoms. The van der Waals surface area contributed by atoms with Crippen molar-refractivity contribution in [3.63, 3.8) is 0 Å². The summed E-state index contributed by atoms with van der Waals surface area (Å²) in [5.41, 5.74) is 0. The predicted octanol–water partition coefficient (Wildman–Crippen LogP) is 0.851. The van der Waals surface area contributed by atoms with Gasteiger partial charge in [0.1, 0.15) is 0 Å². The number of halogens is 1. The Labute approximate surface area is 100 Å². The normalized spacial score (nSPS) is 11.8. The summed E-state index contributed by atoms with van der Waals surface area (Å²) in [5.74, 6) is 0. The minimum Gasteiger partial charge on any atom is -0.279 e. The highest BCUT2D eigenvalue weighted by Crippen LogP contribution is 2.24. The van der Waals surface area contributed by atoms with Crippen LogP contribution in [-0.4, -0.2) is 24.3 Å². The molecular weight excluding hydrogens is 272 g/mol. The number of nitriles is 1. The molecule has 0 aromatic carbocycles. The van der Waals surface area contributed by atoms with Gasteiger partial charge in [-0.25, -0.2) is 13.4 Å². The third kappa shape index (κ3) is 1.78. The fourth-order valence-electron chi connectivity index (χ4n) is 1.17. The molecule has 0 bridgehead atoms. The predicted molar refractivity (Wildman–Crippen MR) is 58.9 cm³/mol. The van der Waals surface area contributed by atoms with Crippen molar-refractivity contribution in [1.82, 2.24) is 14.1 Å². The molecule has 0 spiro atoms. The Balaban J connectivity index is 2.58. The molecule has 0 fully saturated rings. The monoisotopic (exact) mass is 276 g/mol. The zero-order valence-electron chi connectivity index (χ0n) is 7.71. The van der Waals surface area contributed by atoms with Crippen LogP contribution in [0, 0.1) is 11.3 Å². The van der Waals surface area contributed by atoms with E-state index in [9.17, 15) is 8.42 Å². The molecule has 0 saturated carbocycles. The Hall–Kier alpha value is -1.14. The van der Waals surface area contributed by atoms with Crippen LogP contribution in [0.5, 0.6) is 0 Å². The molecule has 1 N–H and O–H groups in total. The Kier molecular flexibility index (Phi) is 2.86. The quantitative estimate of drug-likeness (QED) is 0.842. The maximum Gasteiger partial charge on any atom is 0.260 e. The van der Waals surface area contributed by atoms with Gasteiger partial charge in [-0.1, -0.05) is 11.6 Å². The van der Waals surface area contributed by atoms with Crippen molar-refractivity contribution >= 4 is 37.9 Å². The zero-order chi connectivity index (χ0) is 11.8. The highest BCUT2D eigenvalue weighted by atomic mass is 35.5. The van der Waals surface area contributed by atoms with Gasteiger partial charge >= 0.3 is 0 Å². The van der Waals surface area contributed by atoms with E-state index in [1.54, 1.807) is 17.6 Å². The Bertz CT molecular complexity index is 666. The lowest BCUT2D eigenvalue weighted by Gasteiger charge is -2.01. The molecule has 0 aliphatic rings. The van der Waals surface area contributed by atoms with E-state index in [1.807, 2.05) is 0 Å². The molecule has 0 aliphatic carbocycles. The van der Waals surface area contributed by atoms with Crippen molar-refractivity contribution < 1.29 is 8.42 Å². The zero-order valence-corrected chi connectivity index (χ0v) is 10.1. The fraction of sp³-hybridized carbons (Fsp3) is 0.143. The summed E-state index contributed by atoms with van der Waals surface area (Å²) >= 11 is 7.02. The number of sulfonamides is 1. The first-order valence-corrected chi connectivity index (χ1v) is 6.78. The second-order valence-electron chi connectivity index (χ2n) is 2.75. The summed E-state index contributed by atoms with van der Waals surface area (Å²) in [6.07, 6.45) is 1.56. The van der Waals surface area contributed by atoms with Gasteiger partial charge in [0, 0.05) is 11.6 Å². The second-order valence-corrected chi connectivity index (χ2v) is 5.66. The number of aromatic nitrogens is 2.